The number of cyclic esters (lactones) is 2. The van der Waals surface area contributed by atoms with Crippen molar-refractivity contribution in [3.8, 4) is 0 Å². The normalized spacial score (nSPS) is 23.5. The Morgan fingerprint density at radius 1 is 0.733 bits per heavy atom. The molecule has 0 radical (unpaired) electrons. The number of aliphatic hydroxyl groups is 1. The summed E-state index contributed by atoms with van der Waals surface area (Å²) in [5, 5.41) is 9.12. The summed E-state index contributed by atoms with van der Waals surface area (Å²) < 4.78 is 27.0. The molecule has 4 aliphatic rings. The van der Waals surface area contributed by atoms with E-state index in [0.29, 0.717) is 38.9 Å². The summed E-state index contributed by atoms with van der Waals surface area (Å²) in [6, 6.07) is 19.5. The van der Waals surface area contributed by atoms with Crippen molar-refractivity contribution in [2.24, 2.45) is 11.8 Å². The lowest BCUT2D eigenvalue weighted by Gasteiger charge is -2.27. The summed E-state index contributed by atoms with van der Waals surface area (Å²) in [6.07, 6.45) is 5.58. The molecular formula is C34H41ClO10. The molecule has 11 heteroatoms. The molecule has 6 rings (SSSR count). The predicted molar refractivity (Wildman–Crippen MR) is 163 cm³/mol. The predicted octanol–water partition coefficient (Wildman–Crippen LogP) is 4.67. The number of benzene rings is 2. The minimum Gasteiger partial charge on any atom is -0.461 e. The fourth-order valence-corrected chi connectivity index (χ4v) is 4.88. The smallest absolute Gasteiger partial charge is 0.309 e. The summed E-state index contributed by atoms with van der Waals surface area (Å²) in [4.78, 5) is 44.2. The molecule has 2 unspecified atom stereocenters. The van der Waals surface area contributed by atoms with Crippen LogP contribution in [-0.2, 0) is 56.1 Å². The van der Waals surface area contributed by atoms with E-state index in [1.54, 1.807) is 0 Å². The molecule has 2 heterocycles. The Bertz CT molecular complexity index is 1260. The molecule has 2 aliphatic heterocycles. The Labute approximate surface area is 268 Å². The molecule has 2 aromatic rings. The maximum atomic E-state index is 11.7. The van der Waals surface area contributed by atoms with Crippen LogP contribution in [0, 0.1) is 11.8 Å². The molecule has 2 atom stereocenters. The largest absolute Gasteiger partial charge is 0.461 e. The van der Waals surface area contributed by atoms with Gasteiger partial charge in [0.1, 0.15) is 6.61 Å². The Kier molecular flexibility index (Phi) is 12.9. The van der Waals surface area contributed by atoms with Gasteiger partial charge < -0.3 is 28.8 Å². The van der Waals surface area contributed by atoms with Gasteiger partial charge in [-0.1, -0.05) is 60.7 Å². The standard InChI is InChI=1S/C17H20O5.C13H16O4.C4H5ClO/c18-15-8-9-17(22-15,12-21-16(19)14-6-7-14)11-20-10-13-4-2-1-3-5-13;14-9-13(7-6-12(15)17-13)10-16-8-11-4-2-1-3-5-11;5-4(6)3-1-2-3/h1-5,14H,6-12H2;1-5,14H,6-10H2;3H,1-2H2. The summed E-state index contributed by atoms with van der Waals surface area (Å²) in [6.45, 7) is 1.28. The van der Waals surface area contributed by atoms with E-state index in [1.807, 2.05) is 60.7 Å². The Morgan fingerprint density at radius 2 is 1.20 bits per heavy atom. The maximum absolute atomic E-state index is 11.7. The highest BCUT2D eigenvalue weighted by atomic mass is 35.5. The molecule has 1 N–H and O–H groups in total. The molecule has 2 saturated carbocycles. The average molecular weight is 645 g/mol. The minimum atomic E-state index is -0.828. The van der Waals surface area contributed by atoms with Gasteiger partial charge in [-0.2, -0.15) is 0 Å². The number of carbonyl (C=O) groups is 4. The van der Waals surface area contributed by atoms with E-state index in [-0.39, 0.29) is 61.4 Å². The number of rotatable bonds is 13. The highest BCUT2D eigenvalue weighted by Gasteiger charge is 2.43. The van der Waals surface area contributed by atoms with Crippen LogP contribution in [0.5, 0.6) is 0 Å². The van der Waals surface area contributed by atoms with Gasteiger partial charge in [0.2, 0.25) is 5.24 Å². The first-order valence-electron chi connectivity index (χ1n) is 15.4. The van der Waals surface area contributed by atoms with E-state index >= 15 is 0 Å². The minimum absolute atomic E-state index is 0.0411. The van der Waals surface area contributed by atoms with Crippen molar-refractivity contribution >= 4 is 34.8 Å². The number of hydrogen-bond acceptors (Lipinski definition) is 10. The number of hydrogen-bond donors (Lipinski definition) is 1. The second-order valence-corrected chi connectivity index (χ2v) is 12.3. The van der Waals surface area contributed by atoms with Crippen molar-refractivity contribution in [3.05, 3.63) is 71.8 Å². The fraction of sp³-hybridized carbons (Fsp3) is 0.529. The van der Waals surface area contributed by atoms with Gasteiger partial charge in [0.25, 0.3) is 0 Å². The van der Waals surface area contributed by atoms with E-state index in [2.05, 4.69) is 0 Å². The first kappa shape index (κ1) is 34.6. The molecule has 4 fully saturated rings. The monoisotopic (exact) mass is 644 g/mol. The second-order valence-electron chi connectivity index (χ2n) is 11.9. The molecule has 2 saturated heterocycles. The highest BCUT2D eigenvalue weighted by Crippen LogP contribution is 2.33. The number of ether oxygens (including phenoxy) is 5. The van der Waals surface area contributed by atoms with Crippen LogP contribution in [-0.4, -0.2) is 65.9 Å². The summed E-state index contributed by atoms with van der Waals surface area (Å²) in [5.74, 6) is -0.440. The number of carbonyl (C=O) groups excluding carboxylic acids is 4. The Morgan fingerprint density at radius 3 is 1.58 bits per heavy atom. The SMILES string of the molecule is O=C(Cl)C1CC1.O=C1CCC(CO)(COCc2ccccc2)O1.O=C1CCC(COCc2ccccc2)(COC(=O)C2CC2)O1. The van der Waals surface area contributed by atoms with Crippen LogP contribution in [0.15, 0.2) is 60.7 Å². The van der Waals surface area contributed by atoms with E-state index < -0.39 is 11.2 Å². The highest BCUT2D eigenvalue weighted by molar-refractivity contribution is 6.64. The lowest BCUT2D eigenvalue weighted by molar-refractivity contribution is -0.170. The van der Waals surface area contributed by atoms with Gasteiger partial charge in [-0.3, -0.25) is 19.2 Å². The molecule has 2 aliphatic carbocycles. The maximum Gasteiger partial charge on any atom is 0.309 e. The molecule has 0 aromatic heterocycles. The molecule has 2 aromatic carbocycles. The van der Waals surface area contributed by atoms with Gasteiger partial charge in [-0.25, -0.2) is 0 Å². The van der Waals surface area contributed by atoms with Crippen LogP contribution in [0.2, 0.25) is 0 Å². The van der Waals surface area contributed by atoms with Crippen LogP contribution in [0.3, 0.4) is 0 Å². The van der Waals surface area contributed by atoms with Crippen molar-refractivity contribution in [3.63, 3.8) is 0 Å². The Hall–Kier alpha value is -3.31. The molecule has 0 spiro atoms. The van der Waals surface area contributed by atoms with Crippen molar-refractivity contribution in [2.75, 3.05) is 26.4 Å². The van der Waals surface area contributed by atoms with Crippen LogP contribution in [0.25, 0.3) is 0 Å². The molecule has 0 bridgehead atoms. The van der Waals surface area contributed by atoms with Crippen LogP contribution >= 0.6 is 11.6 Å². The number of esters is 3. The zero-order valence-corrected chi connectivity index (χ0v) is 26.1. The molecule has 244 valence electrons. The van der Waals surface area contributed by atoms with E-state index in [9.17, 15) is 24.3 Å². The topological polar surface area (TPSA) is 135 Å². The van der Waals surface area contributed by atoms with Gasteiger partial charge >= 0.3 is 17.9 Å². The van der Waals surface area contributed by atoms with Gasteiger partial charge in [-0.05, 0) is 48.4 Å². The number of aliphatic hydroxyl groups excluding tert-OH is 1. The number of halogens is 1. The van der Waals surface area contributed by atoms with E-state index in [1.165, 1.54) is 0 Å². The quantitative estimate of drug-likeness (QED) is 0.186. The van der Waals surface area contributed by atoms with E-state index in [4.69, 9.17) is 35.3 Å². The van der Waals surface area contributed by atoms with Crippen molar-refractivity contribution in [1.29, 1.82) is 0 Å². The van der Waals surface area contributed by atoms with Gasteiger partial charge in [0, 0.05) is 31.6 Å². The van der Waals surface area contributed by atoms with Crippen molar-refractivity contribution < 1.29 is 48.0 Å². The Balaban J connectivity index is 0.000000177. The van der Waals surface area contributed by atoms with Crippen molar-refractivity contribution in [1.82, 2.24) is 0 Å². The first-order valence-corrected chi connectivity index (χ1v) is 15.7. The second kappa shape index (κ2) is 16.8. The zero-order valence-electron chi connectivity index (χ0n) is 25.3. The van der Waals surface area contributed by atoms with Crippen LogP contribution in [0.4, 0.5) is 0 Å². The third-order valence-electron chi connectivity index (χ3n) is 7.76. The lowest BCUT2D eigenvalue weighted by atomic mass is 10.0. The molecule has 0 amide bonds. The molecule has 10 nitrogen and oxygen atoms in total. The lowest BCUT2D eigenvalue weighted by Crippen LogP contribution is -2.40. The van der Waals surface area contributed by atoms with Gasteiger partial charge in [0.15, 0.2) is 11.2 Å². The molecular weight excluding hydrogens is 604 g/mol. The average Bonchev–Trinajstić information content (AvgIpc) is 3.99. The summed E-state index contributed by atoms with van der Waals surface area (Å²) in [5.41, 5.74) is 0.462. The first-order chi connectivity index (χ1) is 21.7. The third kappa shape index (κ3) is 11.9. The third-order valence-corrected chi connectivity index (χ3v) is 8.07. The summed E-state index contributed by atoms with van der Waals surface area (Å²) in [7, 11) is 0. The zero-order chi connectivity index (χ0) is 32.1. The summed E-state index contributed by atoms with van der Waals surface area (Å²) >= 11 is 5.04. The van der Waals surface area contributed by atoms with Crippen LogP contribution in [0.1, 0.15) is 62.5 Å². The van der Waals surface area contributed by atoms with Crippen molar-refractivity contribution in [2.45, 2.75) is 75.8 Å². The van der Waals surface area contributed by atoms with E-state index in [0.717, 1.165) is 36.8 Å². The van der Waals surface area contributed by atoms with Gasteiger partial charge in [0.05, 0.1) is 39.0 Å². The molecule has 45 heavy (non-hydrogen) atoms. The van der Waals surface area contributed by atoms with Gasteiger partial charge in [-0.15, -0.1) is 0 Å². The van der Waals surface area contributed by atoms with Crippen LogP contribution < -0.4 is 0 Å². The fourth-order valence-electron chi connectivity index (χ4n) is 4.66.